The molecule has 1 aliphatic heterocycles. The highest BCUT2D eigenvalue weighted by Crippen LogP contribution is 2.44. The molecule has 146 valence electrons. The lowest BCUT2D eigenvalue weighted by Gasteiger charge is -2.24. The largest absolute Gasteiger partial charge is 0.507 e. The quantitative estimate of drug-likeness (QED) is 0.361. The minimum atomic E-state index is -0.738. The molecule has 2 heterocycles. The van der Waals surface area contributed by atoms with E-state index in [1.807, 2.05) is 17.5 Å². The van der Waals surface area contributed by atoms with E-state index < -0.39 is 17.7 Å². The Morgan fingerprint density at radius 1 is 1.10 bits per heavy atom. The summed E-state index contributed by atoms with van der Waals surface area (Å²) in [6, 6.07) is 16.3. The molecule has 7 heteroatoms. The number of halogens is 1. The topological polar surface area (TPSA) is 66.8 Å². The first-order valence-corrected chi connectivity index (χ1v) is 10.0. The van der Waals surface area contributed by atoms with E-state index >= 15 is 0 Å². The fourth-order valence-electron chi connectivity index (χ4n) is 3.34. The van der Waals surface area contributed by atoms with Crippen LogP contribution in [0.15, 0.2) is 71.6 Å². The summed E-state index contributed by atoms with van der Waals surface area (Å²) in [5.74, 6) is -1.11. The normalized spacial score (nSPS) is 18.3. The number of methoxy groups -OCH3 is 1. The van der Waals surface area contributed by atoms with Crippen molar-refractivity contribution in [1.29, 1.82) is 0 Å². The molecular formula is C22H16ClNO4S. The van der Waals surface area contributed by atoms with Gasteiger partial charge in [0.15, 0.2) is 0 Å². The third-order valence-electron chi connectivity index (χ3n) is 4.71. The molecule has 0 radical (unpaired) electrons. The second-order valence-corrected chi connectivity index (χ2v) is 7.81. The Labute approximate surface area is 176 Å². The fourth-order valence-corrected chi connectivity index (χ4v) is 4.29. The van der Waals surface area contributed by atoms with Gasteiger partial charge in [-0.25, -0.2) is 0 Å². The van der Waals surface area contributed by atoms with Crippen molar-refractivity contribution in [3.05, 3.63) is 87.1 Å². The summed E-state index contributed by atoms with van der Waals surface area (Å²) >= 11 is 7.34. The summed E-state index contributed by atoms with van der Waals surface area (Å²) < 4.78 is 5.26. The van der Waals surface area contributed by atoms with Gasteiger partial charge in [0.05, 0.1) is 12.7 Å². The fraction of sp³-hybridized carbons (Fsp3) is 0.0909. The Morgan fingerprint density at radius 3 is 2.52 bits per heavy atom. The molecule has 1 unspecified atom stereocenters. The number of ketones is 1. The molecule has 29 heavy (non-hydrogen) atoms. The van der Waals surface area contributed by atoms with Crippen molar-refractivity contribution in [2.75, 3.05) is 12.0 Å². The summed E-state index contributed by atoms with van der Waals surface area (Å²) in [5, 5.41) is 13.3. The maximum absolute atomic E-state index is 13.0. The maximum Gasteiger partial charge on any atom is 0.300 e. The van der Waals surface area contributed by atoms with E-state index in [1.54, 1.807) is 48.5 Å². The van der Waals surface area contributed by atoms with Crippen molar-refractivity contribution in [3.8, 4) is 5.75 Å². The molecule has 1 atom stereocenters. The van der Waals surface area contributed by atoms with Crippen LogP contribution in [0.5, 0.6) is 5.75 Å². The number of aliphatic hydroxyl groups is 1. The summed E-state index contributed by atoms with van der Waals surface area (Å²) in [7, 11) is 1.53. The van der Waals surface area contributed by atoms with E-state index in [0.29, 0.717) is 22.0 Å². The lowest BCUT2D eigenvalue weighted by atomic mass is 10.00. The molecule has 0 saturated carbocycles. The first-order chi connectivity index (χ1) is 14.0. The van der Waals surface area contributed by atoms with Crippen molar-refractivity contribution in [2.24, 2.45) is 0 Å². The first-order valence-electron chi connectivity index (χ1n) is 8.75. The van der Waals surface area contributed by atoms with Gasteiger partial charge in [0.1, 0.15) is 17.6 Å². The third kappa shape index (κ3) is 3.41. The Bertz CT molecular complexity index is 1110. The highest BCUT2D eigenvalue weighted by molar-refractivity contribution is 7.10. The molecule has 1 aromatic heterocycles. The van der Waals surface area contributed by atoms with E-state index in [2.05, 4.69) is 0 Å². The zero-order valence-electron chi connectivity index (χ0n) is 15.3. The van der Waals surface area contributed by atoms with Gasteiger partial charge in [0, 0.05) is 27.2 Å². The summed E-state index contributed by atoms with van der Waals surface area (Å²) in [5.41, 5.74) is 0.974. The van der Waals surface area contributed by atoms with Gasteiger partial charge < -0.3 is 9.84 Å². The summed E-state index contributed by atoms with van der Waals surface area (Å²) in [6.07, 6.45) is 0. The van der Waals surface area contributed by atoms with Gasteiger partial charge in [-0.3, -0.25) is 14.5 Å². The van der Waals surface area contributed by atoms with Crippen LogP contribution in [0.3, 0.4) is 0 Å². The SMILES string of the molecule is COc1cccc(N2C(=O)C(=O)/C(=C(\O)c3ccc(Cl)cc3)C2c2cccs2)c1. The van der Waals surface area contributed by atoms with Gasteiger partial charge in [0.25, 0.3) is 11.7 Å². The minimum Gasteiger partial charge on any atom is -0.507 e. The second-order valence-electron chi connectivity index (χ2n) is 6.39. The molecule has 3 aromatic rings. The molecule has 0 bridgehead atoms. The Morgan fingerprint density at radius 2 is 1.86 bits per heavy atom. The highest BCUT2D eigenvalue weighted by atomic mass is 35.5. The molecule has 5 nitrogen and oxygen atoms in total. The van der Waals surface area contributed by atoms with E-state index in [4.69, 9.17) is 16.3 Å². The molecule has 4 rings (SSSR count). The number of Topliss-reactive ketones (excluding diaryl/α,β-unsaturated/α-hetero) is 1. The number of amides is 1. The van der Waals surface area contributed by atoms with Crippen LogP contribution in [0.1, 0.15) is 16.5 Å². The number of carbonyl (C=O) groups is 2. The van der Waals surface area contributed by atoms with Crippen LogP contribution >= 0.6 is 22.9 Å². The predicted octanol–water partition coefficient (Wildman–Crippen LogP) is 5.04. The molecular weight excluding hydrogens is 410 g/mol. The van der Waals surface area contributed by atoms with Crippen molar-refractivity contribution in [3.63, 3.8) is 0 Å². The zero-order chi connectivity index (χ0) is 20.5. The van der Waals surface area contributed by atoms with Gasteiger partial charge in [0.2, 0.25) is 0 Å². The molecule has 1 fully saturated rings. The van der Waals surface area contributed by atoms with Crippen LogP contribution in [0.25, 0.3) is 5.76 Å². The number of anilines is 1. The van der Waals surface area contributed by atoms with Gasteiger partial charge in [-0.2, -0.15) is 0 Å². The smallest absolute Gasteiger partial charge is 0.300 e. The highest BCUT2D eigenvalue weighted by Gasteiger charge is 2.47. The molecule has 0 spiro atoms. The average molecular weight is 426 g/mol. The van der Waals surface area contributed by atoms with Crippen LogP contribution in [0, 0.1) is 0 Å². The molecule has 1 aliphatic rings. The molecule has 1 amide bonds. The monoisotopic (exact) mass is 425 g/mol. The number of carbonyl (C=O) groups excluding carboxylic acids is 2. The van der Waals surface area contributed by atoms with Gasteiger partial charge in [-0.1, -0.05) is 23.7 Å². The number of hydrogen-bond donors (Lipinski definition) is 1. The molecule has 0 aliphatic carbocycles. The van der Waals surface area contributed by atoms with E-state index in [0.717, 1.165) is 4.88 Å². The minimum absolute atomic E-state index is 0.0441. The predicted molar refractivity (Wildman–Crippen MR) is 114 cm³/mol. The molecule has 2 aromatic carbocycles. The van der Waals surface area contributed by atoms with Crippen molar-refractivity contribution < 1.29 is 19.4 Å². The molecule has 1 saturated heterocycles. The number of nitrogens with zero attached hydrogens (tertiary/aromatic N) is 1. The number of hydrogen-bond acceptors (Lipinski definition) is 5. The average Bonchev–Trinajstić information content (AvgIpc) is 3.35. The Balaban J connectivity index is 1.91. The first kappa shape index (κ1) is 19.2. The van der Waals surface area contributed by atoms with Gasteiger partial charge in [-0.05, 0) is 47.8 Å². The maximum atomic E-state index is 13.0. The van der Waals surface area contributed by atoms with Crippen LogP contribution in [-0.4, -0.2) is 23.9 Å². The third-order valence-corrected chi connectivity index (χ3v) is 5.88. The second kappa shape index (κ2) is 7.73. The lowest BCUT2D eigenvalue weighted by molar-refractivity contribution is -0.132. The van der Waals surface area contributed by atoms with E-state index in [9.17, 15) is 14.7 Å². The standard InChI is InChI=1S/C22H16ClNO4S/c1-28-16-5-2-4-15(12-16)24-19(17-6-3-11-29-17)18(21(26)22(24)27)20(25)13-7-9-14(23)10-8-13/h2-12,19,25H,1H3/b20-18-. The number of ether oxygens (including phenoxy) is 1. The lowest BCUT2D eigenvalue weighted by Crippen LogP contribution is -2.29. The van der Waals surface area contributed by atoms with Crippen molar-refractivity contribution >= 4 is 46.1 Å². The van der Waals surface area contributed by atoms with Crippen LogP contribution in [-0.2, 0) is 9.59 Å². The van der Waals surface area contributed by atoms with Gasteiger partial charge in [-0.15, -0.1) is 11.3 Å². The number of thiophene rings is 1. The van der Waals surface area contributed by atoms with Crippen molar-refractivity contribution in [2.45, 2.75) is 6.04 Å². The van der Waals surface area contributed by atoms with Crippen LogP contribution < -0.4 is 9.64 Å². The van der Waals surface area contributed by atoms with Crippen LogP contribution in [0.2, 0.25) is 5.02 Å². The summed E-state index contributed by atoms with van der Waals surface area (Å²) in [6.45, 7) is 0. The van der Waals surface area contributed by atoms with Gasteiger partial charge >= 0.3 is 0 Å². The Hall–Kier alpha value is -3.09. The number of aliphatic hydroxyl groups excluding tert-OH is 1. The summed E-state index contributed by atoms with van der Waals surface area (Å²) in [4.78, 5) is 28.1. The Kier molecular flexibility index (Phi) is 5.13. The number of benzene rings is 2. The zero-order valence-corrected chi connectivity index (χ0v) is 16.9. The van der Waals surface area contributed by atoms with E-state index in [1.165, 1.54) is 23.3 Å². The van der Waals surface area contributed by atoms with Crippen molar-refractivity contribution in [1.82, 2.24) is 0 Å². The number of rotatable bonds is 4. The van der Waals surface area contributed by atoms with Crippen LogP contribution in [0.4, 0.5) is 5.69 Å². The molecule has 1 N–H and O–H groups in total. The van der Waals surface area contributed by atoms with E-state index in [-0.39, 0.29) is 11.3 Å².